The summed E-state index contributed by atoms with van der Waals surface area (Å²) in [5.74, 6) is 1.09. The number of thiazole rings is 1. The zero-order valence-corrected chi connectivity index (χ0v) is 23.4. The molecule has 1 atom stereocenters. The van der Waals surface area contributed by atoms with Crippen LogP contribution in [0.2, 0.25) is 0 Å². The number of carbonyl (C=O) groups excluding carboxylic acids is 1. The van der Waals surface area contributed by atoms with Crippen LogP contribution in [0.25, 0.3) is 17.4 Å². The molecule has 3 heterocycles. The van der Waals surface area contributed by atoms with Crippen molar-refractivity contribution in [3.8, 4) is 22.8 Å². The molecule has 0 N–H and O–H groups in total. The molecular formula is C29H25N3O8S. The van der Waals surface area contributed by atoms with E-state index >= 15 is 0 Å². The Morgan fingerprint density at radius 2 is 1.98 bits per heavy atom. The number of benzene rings is 2. The molecule has 0 amide bonds. The van der Waals surface area contributed by atoms with Gasteiger partial charge in [-0.05, 0) is 49.7 Å². The third kappa shape index (κ3) is 5.16. The fourth-order valence-electron chi connectivity index (χ4n) is 4.62. The third-order valence-corrected chi connectivity index (χ3v) is 7.47. The molecule has 5 rings (SSSR count). The second-order valence-corrected chi connectivity index (χ2v) is 9.93. The van der Waals surface area contributed by atoms with Gasteiger partial charge in [0, 0.05) is 18.2 Å². The van der Waals surface area contributed by atoms with Gasteiger partial charge in [0.15, 0.2) is 4.80 Å². The van der Waals surface area contributed by atoms with E-state index in [0.717, 1.165) is 11.3 Å². The minimum atomic E-state index is -0.788. The molecule has 4 aromatic rings. The molecule has 210 valence electrons. The highest BCUT2D eigenvalue weighted by molar-refractivity contribution is 7.07. The molecule has 0 radical (unpaired) electrons. The van der Waals surface area contributed by atoms with Crippen molar-refractivity contribution in [3.05, 3.63) is 107 Å². The van der Waals surface area contributed by atoms with E-state index in [-0.39, 0.29) is 23.4 Å². The lowest BCUT2D eigenvalue weighted by Gasteiger charge is -2.24. The summed E-state index contributed by atoms with van der Waals surface area (Å²) in [5.41, 5.74) is 1.28. The lowest BCUT2D eigenvalue weighted by molar-refractivity contribution is -0.384. The Balaban J connectivity index is 1.64. The number of hydrogen-bond donors (Lipinski definition) is 0. The van der Waals surface area contributed by atoms with E-state index in [1.165, 1.54) is 29.9 Å². The van der Waals surface area contributed by atoms with Gasteiger partial charge in [0.1, 0.15) is 23.0 Å². The van der Waals surface area contributed by atoms with Gasteiger partial charge in [-0.25, -0.2) is 9.79 Å². The minimum Gasteiger partial charge on any atom is -0.497 e. The molecular weight excluding hydrogens is 550 g/mol. The number of non-ortho nitro benzene ring substituents is 1. The number of nitro groups is 1. The number of methoxy groups -OCH3 is 2. The molecule has 0 fully saturated rings. The van der Waals surface area contributed by atoms with E-state index in [9.17, 15) is 19.7 Å². The van der Waals surface area contributed by atoms with Gasteiger partial charge < -0.3 is 18.6 Å². The molecule has 11 nitrogen and oxygen atoms in total. The maximum atomic E-state index is 13.8. The van der Waals surface area contributed by atoms with Crippen LogP contribution in [-0.4, -0.2) is 36.3 Å². The summed E-state index contributed by atoms with van der Waals surface area (Å²) < 4.78 is 23.8. The Hall–Kier alpha value is -4.97. The van der Waals surface area contributed by atoms with Crippen molar-refractivity contribution in [2.45, 2.75) is 19.9 Å². The maximum absolute atomic E-state index is 13.8. The summed E-state index contributed by atoms with van der Waals surface area (Å²) in [7, 11) is 3.00. The molecule has 0 spiro atoms. The Labute approximate surface area is 237 Å². The monoisotopic (exact) mass is 575 g/mol. The number of rotatable bonds is 8. The van der Waals surface area contributed by atoms with Gasteiger partial charge in [-0.1, -0.05) is 23.5 Å². The van der Waals surface area contributed by atoms with E-state index < -0.39 is 16.9 Å². The fourth-order valence-corrected chi connectivity index (χ4v) is 5.65. The van der Waals surface area contributed by atoms with Gasteiger partial charge in [0.25, 0.3) is 11.2 Å². The predicted octanol–water partition coefficient (Wildman–Crippen LogP) is 3.98. The number of ether oxygens (including phenoxy) is 3. The third-order valence-electron chi connectivity index (χ3n) is 6.49. The molecule has 0 aliphatic carbocycles. The Kier molecular flexibility index (Phi) is 7.58. The van der Waals surface area contributed by atoms with Crippen LogP contribution in [0.1, 0.15) is 31.2 Å². The highest BCUT2D eigenvalue weighted by atomic mass is 32.1. The summed E-state index contributed by atoms with van der Waals surface area (Å²) in [6, 6.07) is 13.9. The van der Waals surface area contributed by atoms with Crippen LogP contribution in [0.4, 0.5) is 5.69 Å². The van der Waals surface area contributed by atoms with Crippen molar-refractivity contribution in [2.24, 2.45) is 4.99 Å². The first-order valence-electron chi connectivity index (χ1n) is 12.5. The van der Waals surface area contributed by atoms with Crippen LogP contribution < -0.4 is 24.4 Å². The first-order valence-corrected chi connectivity index (χ1v) is 13.3. The lowest BCUT2D eigenvalue weighted by atomic mass is 9.95. The number of esters is 1. The number of aromatic nitrogens is 1. The number of nitrogens with zero attached hydrogens (tertiary/aromatic N) is 3. The highest BCUT2D eigenvalue weighted by Crippen LogP contribution is 2.35. The van der Waals surface area contributed by atoms with Gasteiger partial charge >= 0.3 is 5.97 Å². The first kappa shape index (κ1) is 27.6. The highest BCUT2D eigenvalue weighted by Gasteiger charge is 2.33. The largest absolute Gasteiger partial charge is 0.497 e. The van der Waals surface area contributed by atoms with Crippen molar-refractivity contribution >= 4 is 29.1 Å². The van der Waals surface area contributed by atoms with Gasteiger partial charge in [0.05, 0.1) is 53.2 Å². The lowest BCUT2D eigenvalue weighted by Crippen LogP contribution is -2.39. The molecule has 2 aromatic carbocycles. The van der Waals surface area contributed by atoms with Crippen LogP contribution in [0.5, 0.6) is 11.5 Å². The maximum Gasteiger partial charge on any atom is 0.338 e. The van der Waals surface area contributed by atoms with E-state index in [1.807, 2.05) is 6.07 Å². The number of allylic oxidation sites excluding steroid dienone is 1. The van der Waals surface area contributed by atoms with Crippen LogP contribution in [0, 0.1) is 10.1 Å². The number of carbonyl (C=O) groups is 1. The van der Waals surface area contributed by atoms with Crippen molar-refractivity contribution in [2.75, 3.05) is 20.8 Å². The number of hydrogen-bond acceptors (Lipinski definition) is 10. The number of furan rings is 1. The Morgan fingerprint density at radius 1 is 1.17 bits per heavy atom. The molecule has 1 aliphatic rings. The van der Waals surface area contributed by atoms with E-state index in [4.69, 9.17) is 18.6 Å². The van der Waals surface area contributed by atoms with Crippen molar-refractivity contribution < 1.29 is 28.3 Å². The summed E-state index contributed by atoms with van der Waals surface area (Å²) in [6.07, 6.45) is 1.57. The normalized spacial score (nSPS) is 14.8. The summed E-state index contributed by atoms with van der Waals surface area (Å²) in [6.45, 7) is 3.59. The standard InChI is InChI=1S/C29H25N3O8S/c1-5-39-28(34)25-16(2)30-29-31(26(25)17-7-6-8-19(13-17)37-3)27(33)24(41-29)15-20-10-12-23(40-20)21-14-18(32(35)36)9-11-22(21)38-4/h6-15,26H,5H2,1-4H3/b24-15+/t26-/m1/s1. The average molecular weight is 576 g/mol. The Morgan fingerprint density at radius 3 is 2.68 bits per heavy atom. The summed E-state index contributed by atoms with van der Waals surface area (Å²) in [5, 5.41) is 11.3. The molecule has 2 aromatic heterocycles. The molecule has 0 saturated heterocycles. The summed E-state index contributed by atoms with van der Waals surface area (Å²) >= 11 is 1.15. The van der Waals surface area contributed by atoms with E-state index in [1.54, 1.807) is 57.4 Å². The van der Waals surface area contributed by atoms with Gasteiger partial charge in [-0.3, -0.25) is 19.5 Å². The smallest absolute Gasteiger partial charge is 0.338 e. The molecule has 0 unspecified atom stereocenters. The van der Waals surface area contributed by atoms with Gasteiger partial charge in [0.2, 0.25) is 0 Å². The van der Waals surface area contributed by atoms with Gasteiger partial charge in [-0.2, -0.15) is 0 Å². The topological polar surface area (TPSA) is 135 Å². The van der Waals surface area contributed by atoms with Crippen molar-refractivity contribution in [3.63, 3.8) is 0 Å². The first-order chi connectivity index (χ1) is 19.7. The molecule has 0 bridgehead atoms. The van der Waals surface area contributed by atoms with Crippen LogP contribution in [-0.2, 0) is 9.53 Å². The molecule has 1 aliphatic heterocycles. The Bertz CT molecular complexity index is 1880. The van der Waals surface area contributed by atoms with Crippen LogP contribution in [0.15, 0.2) is 80.1 Å². The average Bonchev–Trinajstić information content (AvgIpc) is 3.56. The molecule has 41 heavy (non-hydrogen) atoms. The predicted molar refractivity (Wildman–Crippen MR) is 151 cm³/mol. The van der Waals surface area contributed by atoms with E-state index in [0.29, 0.717) is 49.2 Å². The molecule has 12 heteroatoms. The fraction of sp³-hybridized carbons (Fsp3) is 0.207. The second kappa shape index (κ2) is 11.3. The second-order valence-electron chi connectivity index (χ2n) is 8.92. The van der Waals surface area contributed by atoms with Crippen LogP contribution >= 0.6 is 11.3 Å². The van der Waals surface area contributed by atoms with E-state index in [2.05, 4.69) is 4.99 Å². The minimum absolute atomic E-state index is 0.114. The quantitative estimate of drug-likeness (QED) is 0.175. The molecule has 0 saturated carbocycles. The number of fused-ring (bicyclic) bond motifs is 1. The van der Waals surface area contributed by atoms with Crippen LogP contribution in [0.3, 0.4) is 0 Å². The summed E-state index contributed by atoms with van der Waals surface area (Å²) in [4.78, 5) is 42.7. The zero-order valence-electron chi connectivity index (χ0n) is 22.6. The zero-order chi connectivity index (χ0) is 29.3. The SMILES string of the molecule is CCOC(=O)C1=C(C)N=c2s/c(=C/c3ccc(-c4cc([N+](=O)[O-])ccc4OC)o3)c(=O)n2[C@@H]1c1cccc(OC)c1. The number of nitro benzene ring substituents is 1. The van der Waals surface area contributed by atoms with Crippen molar-refractivity contribution in [1.29, 1.82) is 0 Å². The van der Waals surface area contributed by atoms with Gasteiger partial charge in [-0.15, -0.1) is 0 Å². The van der Waals surface area contributed by atoms with Crippen molar-refractivity contribution in [1.82, 2.24) is 4.57 Å².